The van der Waals surface area contributed by atoms with Crippen molar-refractivity contribution in [3.8, 4) is 0 Å². The molecule has 0 unspecified atom stereocenters. The van der Waals surface area contributed by atoms with E-state index in [9.17, 15) is 9.59 Å². The number of carbonyl (C=O) groups is 2. The Hall–Kier alpha value is -1.26. The predicted octanol–water partition coefficient (Wildman–Crippen LogP) is 1.49. The second kappa shape index (κ2) is 7.95. The van der Waals surface area contributed by atoms with Gasteiger partial charge in [0.05, 0.1) is 0 Å². The van der Waals surface area contributed by atoms with Crippen LogP contribution in [0.3, 0.4) is 0 Å². The maximum atomic E-state index is 11.7. The fraction of sp³-hybridized carbons (Fsp3) is 0.846. The number of hydrogen-bond acceptors (Lipinski definition) is 2. The fourth-order valence-electron chi connectivity index (χ4n) is 2.32. The van der Waals surface area contributed by atoms with Gasteiger partial charge in [0, 0.05) is 32.1 Å². The molecule has 5 nitrogen and oxygen atoms in total. The van der Waals surface area contributed by atoms with Gasteiger partial charge in [-0.2, -0.15) is 0 Å². The first-order chi connectivity index (χ1) is 8.67. The SMILES string of the molecule is CCN(CC)C(=O)CCNC(=O)NC1CCCC1. The van der Waals surface area contributed by atoms with Gasteiger partial charge in [0.2, 0.25) is 5.91 Å². The molecule has 0 heterocycles. The van der Waals surface area contributed by atoms with Gasteiger partial charge in [0.25, 0.3) is 0 Å². The quantitative estimate of drug-likeness (QED) is 0.755. The van der Waals surface area contributed by atoms with E-state index in [0.29, 0.717) is 19.0 Å². The Kier molecular flexibility index (Phi) is 6.54. The third-order valence-corrected chi connectivity index (χ3v) is 3.43. The van der Waals surface area contributed by atoms with Crippen LogP contribution in [-0.4, -0.2) is 42.5 Å². The van der Waals surface area contributed by atoms with E-state index in [-0.39, 0.29) is 11.9 Å². The lowest BCUT2D eigenvalue weighted by Gasteiger charge is -2.19. The minimum atomic E-state index is -0.144. The highest BCUT2D eigenvalue weighted by Crippen LogP contribution is 2.17. The summed E-state index contributed by atoms with van der Waals surface area (Å²) >= 11 is 0. The van der Waals surface area contributed by atoms with Crippen molar-refractivity contribution in [1.29, 1.82) is 0 Å². The van der Waals surface area contributed by atoms with Gasteiger partial charge in [0.1, 0.15) is 0 Å². The summed E-state index contributed by atoms with van der Waals surface area (Å²) in [5, 5.41) is 5.68. The summed E-state index contributed by atoms with van der Waals surface area (Å²) in [6, 6.07) is 0.178. The Morgan fingerprint density at radius 2 is 1.78 bits per heavy atom. The third kappa shape index (κ3) is 4.94. The number of nitrogens with zero attached hydrogens (tertiary/aromatic N) is 1. The lowest BCUT2D eigenvalue weighted by Crippen LogP contribution is -2.42. The summed E-state index contributed by atoms with van der Waals surface area (Å²) in [5.41, 5.74) is 0. The van der Waals surface area contributed by atoms with Gasteiger partial charge in [-0.15, -0.1) is 0 Å². The standard InChI is InChI=1S/C13H25N3O2/c1-3-16(4-2)12(17)9-10-14-13(18)15-11-7-5-6-8-11/h11H,3-10H2,1-2H3,(H2,14,15,18). The molecule has 3 amide bonds. The van der Waals surface area contributed by atoms with Crippen LogP contribution in [-0.2, 0) is 4.79 Å². The molecule has 0 saturated heterocycles. The van der Waals surface area contributed by atoms with Crippen LogP contribution in [0.5, 0.6) is 0 Å². The first-order valence-corrected chi connectivity index (χ1v) is 6.99. The molecule has 0 atom stereocenters. The molecule has 1 aliphatic carbocycles. The average molecular weight is 255 g/mol. The van der Waals surface area contributed by atoms with Crippen LogP contribution in [0.1, 0.15) is 46.0 Å². The molecule has 0 aromatic heterocycles. The molecular weight excluding hydrogens is 230 g/mol. The molecule has 2 N–H and O–H groups in total. The summed E-state index contributed by atoms with van der Waals surface area (Å²) in [4.78, 5) is 25.0. The van der Waals surface area contributed by atoms with Crippen LogP contribution in [0.4, 0.5) is 4.79 Å². The molecule has 1 saturated carbocycles. The smallest absolute Gasteiger partial charge is 0.315 e. The molecular formula is C13H25N3O2. The second-order valence-electron chi connectivity index (χ2n) is 4.70. The van der Waals surface area contributed by atoms with Crippen molar-refractivity contribution in [1.82, 2.24) is 15.5 Å². The van der Waals surface area contributed by atoms with Gasteiger partial charge >= 0.3 is 6.03 Å². The van der Waals surface area contributed by atoms with Crippen molar-refractivity contribution in [2.45, 2.75) is 52.0 Å². The van der Waals surface area contributed by atoms with Gasteiger partial charge in [-0.1, -0.05) is 12.8 Å². The zero-order valence-electron chi connectivity index (χ0n) is 11.5. The Morgan fingerprint density at radius 1 is 1.17 bits per heavy atom. The minimum absolute atomic E-state index is 0.0983. The molecule has 0 spiro atoms. The normalized spacial score (nSPS) is 15.4. The summed E-state index contributed by atoms with van der Waals surface area (Å²) in [5.74, 6) is 0.0983. The molecule has 1 rings (SSSR count). The van der Waals surface area contributed by atoms with Crippen LogP contribution in [0, 0.1) is 0 Å². The lowest BCUT2D eigenvalue weighted by atomic mass is 10.2. The predicted molar refractivity (Wildman–Crippen MR) is 71.3 cm³/mol. The van der Waals surface area contributed by atoms with Gasteiger partial charge < -0.3 is 15.5 Å². The molecule has 0 bridgehead atoms. The zero-order valence-corrected chi connectivity index (χ0v) is 11.5. The molecule has 0 aromatic carbocycles. The monoisotopic (exact) mass is 255 g/mol. The summed E-state index contributed by atoms with van der Waals surface area (Å²) < 4.78 is 0. The lowest BCUT2D eigenvalue weighted by molar-refractivity contribution is -0.130. The highest BCUT2D eigenvalue weighted by Gasteiger charge is 2.17. The number of amides is 3. The van der Waals surface area contributed by atoms with Crippen LogP contribution in [0.25, 0.3) is 0 Å². The molecule has 1 aliphatic rings. The van der Waals surface area contributed by atoms with Gasteiger partial charge in [-0.3, -0.25) is 4.79 Å². The second-order valence-corrected chi connectivity index (χ2v) is 4.70. The largest absolute Gasteiger partial charge is 0.343 e. The average Bonchev–Trinajstić information content (AvgIpc) is 2.83. The van der Waals surface area contributed by atoms with Crippen molar-refractivity contribution in [2.75, 3.05) is 19.6 Å². The topological polar surface area (TPSA) is 61.4 Å². The van der Waals surface area contributed by atoms with Crippen molar-refractivity contribution >= 4 is 11.9 Å². The maximum Gasteiger partial charge on any atom is 0.315 e. The van der Waals surface area contributed by atoms with Crippen LogP contribution in [0.2, 0.25) is 0 Å². The van der Waals surface area contributed by atoms with E-state index in [4.69, 9.17) is 0 Å². The molecule has 0 aromatic rings. The Morgan fingerprint density at radius 3 is 2.33 bits per heavy atom. The van der Waals surface area contributed by atoms with Gasteiger partial charge in [-0.05, 0) is 26.7 Å². The van der Waals surface area contributed by atoms with Gasteiger partial charge in [-0.25, -0.2) is 4.79 Å². The Balaban J connectivity index is 2.12. The summed E-state index contributed by atoms with van der Waals surface area (Å²) in [7, 11) is 0. The Bertz CT molecular complexity index is 271. The Labute approximate surface area is 109 Å². The molecule has 18 heavy (non-hydrogen) atoms. The fourth-order valence-corrected chi connectivity index (χ4v) is 2.32. The van der Waals surface area contributed by atoms with E-state index < -0.39 is 0 Å². The number of nitrogens with one attached hydrogen (secondary N) is 2. The van der Waals surface area contributed by atoms with Crippen molar-refractivity contribution in [3.05, 3.63) is 0 Å². The molecule has 104 valence electrons. The van der Waals surface area contributed by atoms with Crippen LogP contribution >= 0.6 is 0 Å². The first kappa shape index (κ1) is 14.8. The van der Waals surface area contributed by atoms with E-state index in [1.54, 1.807) is 4.90 Å². The van der Waals surface area contributed by atoms with E-state index >= 15 is 0 Å². The summed E-state index contributed by atoms with van der Waals surface area (Å²) in [6.07, 6.45) is 4.92. The molecule has 1 fully saturated rings. The third-order valence-electron chi connectivity index (χ3n) is 3.43. The number of hydrogen-bond donors (Lipinski definition) is 2. The van der Waals surface area contributed by atoms with E-state index in [1.165, 1.54) is 12.8 Å². The van der Waals surface area contributed by atoms with E-state index in [1.807, 2.05) is 13.8 Å². The van der Waals surface area contributed by atoms with E-state index in [0.717, 1.165) is 25.9 Å². The minimum Gasteiger partial charge on any atom is -0.343 e. The van der Waals surface area contributed by atoms with Crippen LogP contribution in [0.15, 0.2) is 0 Å². The van der Waals surface area contributed by atoms with Crippen molar-refractivity contribution < 1.29 is 9.59 Å². The van der Waals surface area contributed by atoms with Crippen molar-refractivity contribution in [2.24, 2.45) is 0 Å². The van der Waals surface area contributed by atoms with Gasteiger partial charge in [0.15, 0.2) is 0 Å². The maximum absolute atomic E-state index is 11.7. The number of urea groups is 1. The molecule has 5 heteroatoms. The molecule has 0 aliphatic heterocycles. The summed E-state index contributed by atoms with van der Waals surface area (Å²) in [6.45, 7) is 5.78. The zero-order chi connectivity index (χ0) is 13.4. The highest BCUT2D eigenvalue weighted by molar-refractivity contribution is 5.78. The number of carbonyl (C=O) groups excluding carboxylic acids is 2. The van der Waals surface area contributed by atoms with Crippen molar-refractivity contribution in [3.63, 3.8) is 0 Å². The first-order valence-electron chi connectivity index (χ1n) is 6.99. The molecule has 0 radical (unpaired) electrons. The van der Waals surface area contributed by atoms with Crippen LogP contribution < -0.4 is 10.6 Å². The highest BCUT2D eigenvalue weighted by atomic mass is 16.2. The van der Waals surface area contributed by atoms with E-state index in [2.05, 4.69) is 10.6 Å². The number of rotatable bonds is 6.